The van der Waals surface area contributed by atoms with Gasteiger partial charge in [0, 0.05) is 37.6 Å². The van der Waals surface area contributed by atoms with Crippen molar-refractivity contribution in [2.24, 2.45) is 10.8 Å². The Bertz CT molecular complexity index is 1150. The Morgan fingerprint density at radius 2 is 1.73 bits per heavy atom. The third-order valence-corrected chi connectivity index (χ3v) is 7.35. The van der Waals surface area contributed by atoms with Crippen LogP contribution in [0, 0.1) is 10.8 Å². The van der Waals surface area contributed by atoms with Crippen LogP contribution < -0.4 is 10.7 Å². The molecule has 2 heterocycles. The summed E-state index contributed by atoms with van der Waals surface area (Å²) >= 11 is 0. The van der Waals surface area contributed by atoms with E-state index in [1.165, 1.54) is 0 Å². The highest BCUT2D eigenvalue weighted by molar-refractivity contribution is 5.99. The third kappa shape index (κ3) is 4.48. The van der Waals surface area contributed by atoms with Crippen molar-refractivity contribution in [1.82, 2.24) is 14.8 Å². The zero-order chi connectivity index (χ0) is 23.4. The summed E-state index contributed by atoms with van der Waals surface area (Å²) in [7, 11) is 0. The smallest absolute Gasteiger partial charge is 0.259 e. The lowest BCUT2D eigenvalue weighted by atomic mass is 9.65. The van der Waals surface area contributed by atoms with E-state index in [1.54, 1.807) is 17.0 Å². The number of nitrogens with zero attached hydrogens (tertiary/aromatic N) is 2. The standard InChI is InChI=1S/C27H33N3O3/c1-26(2)11-20-12-27(3,16-26)17-30(20)25(33)22-15-29(13-18-7-5-4-6-8-18)14-21(23(22)31)24(32)28-19-9-10-19/h4-8,14-15,19-20H,9-13,16-17H2,1-3H3,(H,28,32)/t20-,27-/m0/s1. The van der Waals surface area contributed by atoms with Crippen LogP contribution >= 0.6 is 0 Å². The minimum Gasteiger partial charge on any atom is -0.349 e. The largest absolute Gasteiger partial charge is 0.349 e. The molecule has 0 unspecified atom stereocenters. The third-order valence-electron chi connectivity index (χ3n) is 7.35. The molecule has 2 saturated carbocycles. The molecule has 3 aliphatic rings. The average Bonchev–Trinajstić information content (AvgIpc) is 3.51. The maximum absolute atomic E-state index is 13.8. The van der Waals surface area contributed by atoms with Crippen molar-refractivity contribution < 1.29 is 9.59 Å². The van der Waals surface area contributed by atoms with Crippen LogP contribution in [-0.2, 0) is 6.54 Å². The number of hydrogen-bond donors (Lipinski definition) is 1. The maximum Gasteiger partial charge on any atom is 0.259 e. The van der Waals surface area contributed by atoms with E-state index in [0.717, 1.165) is 37.7 Å². The quantitative estimate of drug-likeness (QED) is 0.757. The number of hydrogen-bond acceptors (Lipinski definition) is 3. The second-order valence-electron chi connectivity index (χ2n) is 11.5. The highest BCUT2D eigenvalue weighted by Crippen LogP contribution is 2.52. The first-order chi connectivity index (χ1) is 15.6. The second kappa shape index (κ2) is 7.86. The fourth-order valence-electron chi connectivity index (χ4n) is 6.17. The van der Waals surface area contributed by atoms with Gasteiger partial charge in [-0.25, -0.2) is 0 Å². The Morgan fingerprint density at radius 1 is 1.03 bits per heavy atom. The lowest BCUT2D eigenvalue weighted by Crippen LogP contribution is -2.41. The topological polar surface area (TPSA) is 71.4 Å². The van der Waals surface area contributed by atoms with E-state index < -0.39 is 5.43 Å². The van der Waals surface area contributed by atoms with Crippen LogP contribution in [0.25, 0.3) is 0 Å². The molecular weight excluding hydrogens is 414 g/mol. The molecule has 33 heavy (non-hydrogen) atoms. The molecule has 174 valence electrons. The Balaban J connectivity index is 1.51. The Kier molecular flexibility index (Phi) is 5.22. The lowest BCUT2D eigenvalue weighted by Gasteiger charge is -2.39. The summed E-state index contributed by atoms with van der Waals surface area (Å²) in [5.74, 6) is -0.624. The van der Waals surface area contributed by atoms with Gasteiger partial charge in [0.15, 0.2) is 0 Å². The summed E-state index contributed by atoms with van der Waals surface area (Å²) in [5.41, 5.74) is 0.978. The van der Waals surface area contributed by atoms with Crippen LogP contribution in [0.2, 0.25) is 0 Å². The fourth-order valence-corrected chi connectivity index (χ4v) is 6.17. The van der Waals surface area contributed by atoms with E-state index in [-0.39, 0.29) is 45.9 Å². The first kappa shape index (κ1) is 21.9. The molecule has 1 saturated heterocycles. The normalized spacial score (nSPS) is 25.7. The number of rotatable bonds is 5. The molecular formula is C27H33N3O3. The van der Waals surface area contributed by atoms with Crippen molar-refractivity contribution in [3.8, 4) is 0 Å². The predicted octanol–water partition coefficient (Wildman–Crippen LogP) is 3.83. The molecule has 1 N–H and O–H groups in total. The molecule has 5 rings (SSSR count). The minimum atomic E-state index is -0.465. The molecule has 2 bridgehead atoms. The predicted molar refractivity (Wildman–Crippen MR) is 127 cm³/mol. The number of likely N-dealkylation sites (tertiary alicyclic amines) is 1. The number of carbonyl (C=O) groups excluding carboxylic acids is 2. The number of carbonyl (C=O) groups is 2. The van der Waals surface area contributed by atoms with Gasteiger partial charge >= 0.3 is 0 Å². The van der Waals surface area contributed by atoms with Crippen LogP contribution in [0.15, 0.2) is 47.5 Å². The highest BCUT2D eigenvalue weighted by Gasteiger charge is 2.51. The Hall–Kier alpha value is -2.89. The van der Waals surface area contributed by atoms with E-state index in [1.807, 2.05) is 35.2 Å². The summed E-state index contributed by atoms with van der Waals surface area (Å²) < 4.78 is 1.81. The fraction of sp³-hybridized carbons (Fsp3) is 0.519. The van der Waals surface area contributed by atoms with Crippen LogP contribution in [0.5, 0.6) is 0 Å². The van der Waals surface area contributed by atoms with Crippen molar-refractivity contribution in [2.45, 2.75) is 71.5 Å². The molecule has 6 heteroatoms. The SMILES string of the molecule is CC1(C)C[C@H]2C[C@](C)(CN2C(=O)c2cn(Cc3ccccc3)cc(C(=O)NC3CC3)c2=O)C1. The molecule has 1 aromatic carbocycles. The first-order valence-corrected chi connectivity index (χ1v) is 12.0. The van der Waals surface area contributed by atoms with E-state index in [9.17, 15) is 14.4 Å². The molecule has 2 aliphatic carbocycles. The second-order valence-corrected chi connectivity index (χ2v) is 11.5. The molecule has 2 aromatic rings. The van der Waals surface area contributed by atoms with E-state index in [2.05, 4.69) is 26.1 Å². The van der Waals surface area contributed by atoms with E-state index in [0.29, 0.717) is 13.1 Å². The van der Waals surface area contributed by atoms with E-state index >= 15 is 0 Å². The van der Waals surface area contributed by atoms with E-state index in [4.69, 9.17) is 0 Å². The van der Waals surface area contributed by atoms with Gasteiger partial charge in [0.25, 0.3) is 11.8 Å². The van der Waals surface area contributed by atoms with Crippen LogP contribution in [-0.4, -0.2) is 39.9 Å². The number of benzene rings is 1. The molecule has 1 aliphatic heterocycles. The first-order valence-electron chi connectivity index (χ1n) is 12.0. The van der Waals surface area contributed by atoms with Crippen molar-refractivity contribution >= 4 is 11.8 Å². The van der Waals surface area contributed by atoms with Crippen molar-refractivity contribution in [2.75, 3.05) is 6.54 Å². The zero-order valence-electron chi connectivity index (χ0n) is 19.8. The van der Waals surface area contributed by atoms with Gasteiger partial charge in [-0.15, -0.1) is 0 Å². The number of nitrogens with one attached hydrogen (secondary N) is 1. The molecule has 0 radical (unpaired) electrons. The van der Waals surface area contributed by atoms with Gasteiger partial charge in [-0.3, -0.25) is 14.4 Å². The summed E-state index contributed by atoms with van der Waals surface area (Å²) in [6, 6.07) is 10.1. The van der Waals surface area contributed by atoms with Gasteiger partial charge in [0.2, 0.25) is 5.43 Å². The Labute approximate surface area is 195 Å². The maximum atomic E-state index is 13.8. The van der Waals surface area contributed by atoms with Crippen LogP contribution in [0.3, 0.4) is 0 Å². The summed E-state index contributed by atoms with van der Waals surface area (Å²) in [4.78, 5) is 41.9. The monoisotopic (exact) mass is 447 g/mol. The van der Waals surface area contributed by atoms with Crippen molar-refractivity contribution in [1.29, 1.82) is 0 Å². The number of aromatic nitrogens is 1. The molecule has 3 fully saturated rings. The van der Waals surface area contributed by atoms with Crippen molar-refractivity contribution in [3.05, 3.63) is 69.6 Å². The lowest BCUT2D eigenvalue weighted by molar-refractivity contribution is 0.0706. The van der Waals surface area contributed by atoms with Gasteiger partial charge in [-0.05, 0) is 48.5 Å². The summed E-state index contributed by atoms with van der Waals surface area (Å²) in [6.45, 7) is 7.93. The number of fused-ring (bicyclic) bond motifs is 2. The van der Waals surface area contributed by atoms with Gasteiger partial charge < -0.3 is 14.8 Å². The molecule has 1 aromatic heterocycles. The van der Waals surface area contributed by atoms with Gasteiger partial charge in [0.1, 0.15) is 11.1 Å². The highest BCUT2D eigenvalue weighted by atomic mass is 16.2. The molecule has 2 amide bonds. The van der Waals surface area contributed by atoms with Crippen LogP contribution in [0.4, 0.5) is 0 Å². The Morgan fingerprint density at radius 3 is 2.42 bits per heavy atom. The number of amides is 2. The zero-order valence-corrected chi connectivity index (χ0v) is 19.8. The van der Waals surface area contributed by atoms with Crippen molar-refractivity contribution in [3.63, 3.8) is 0 Å². The molecule has 2 atom stereocenters. The van der Waals surface area contributed by atoms with Gasteiger partial charge in [-0.2, -0.15) is 0 Å². The minimum absolute atomic E-state index is 0.0531. The number of pyridine rings is 1. The molecule has 0 spiro atoms. The van der Waals surface area contributed by atoms with Crippen LogP contribution in [0.1, 0.15) is 79.2 Å². The average molecular weight is 448 g/mol. The summed E-state index contributed by atoms with van der Waals surface area (Å²) in [5, 5.41) is 2.91. The molecule has 6 nitrogen and oxygen atoms in total. The van der Waals surface area contributed by atoms with Gasteiger partial charge in [-0.1, -0.05) is 51.1 Å². The van der Waals surface area contributed by atoms with Gasteiger partial charge in [0.05, 0.1) is 0 Å². The summed E-state index contributed by atoms with van der Waals surface area (Å²) in [6.07, 6.45) is 8.09.